The maximum Gasteiger partial charge on any atom is 0.0541 e. The van der Waals surface area contributed by atoms with E-state index in [2.05, 4.69) is 193 Å². The SMILES string of the molecule is Cc1c(-c2ccc(N(C)c3ccccc3)c(-c3ccccc3)c2)cccc1-c1ccc2c(c1)c1ccccc1n2-c1ccccc1. The van der Waals surface area contributed by atoms with Crippen LogP contribution in [0, 0.1) is 6.92 Å². The van der Waals surface area contributed by atoms with E-state index in [0.29, 0.717) is 0 Å². The number of hydrogen-bond donors (Lipinski definition) is 0. The lowest BCUT2D eigenvalue weighted by atomic mass is 9.90. The van der Waals surface area contributed by atoms with Crippen molar-refractivity contribution in [2.45, 2.75) is 6.92 Å². The average molecular weight is 591 g/mol. The summed E-state index contributed by atoms with van der Waals surface area (Å²) < 4.78 is 2.37. The van der Waals surface area contributed by atoms with E-state index >= 15 is 0 Å². The summed E-state index contributed by atoms with van der Waals surface area (Å²) in [4.78, 5) is 2.27. The highest BCUT2D eigenvalue weighted by Gasteiger charge is 2.17. The number of hydrogen-bond acceptors (Lipinski definition) is 1. The molecular weight excluding hydrogens is 556 g/mol. The Balaban J connectivity index is 1.26. The highest BCUT2D eigenvalue weighted by atomic mass is 15.1. The fourth-order valence-electron chi connectivity index (χ4n) is 6.89. The first-order valence-corrected chi connectivity index (χ1v) is 15.8. The zero-order valence-corrected chi connectivity index (χ0v) is 26.1. The fourth-order valence-corrected chi connectivity index (χ4v) is 6.89. The van der Waals surface area contributed by atoms with Crippen LogP contribution in [0.1, 0.15) is 5.56 Å². The van der Waals surface area contributed by atoms with Crippen LogP contribution in [0.15, 0.2) is 170 Å². The molecule has 0 atom stereocenters. The number of nitrogens with zero attached hydrogens (tertiary/aromatic N) is 2. The van der Waals surface area contributed by atoms with Gasteiger partial charge in [-0.3, -0.25) is 0 Å². The molecule has 0 radical (unpaired) electrons. The van der Waals surface area contributed by atoms with Gasteiger partial charge in [0.15, 0.2) is 0 Å². The molecule has 0 aliphatic rings. The predicted octanol–water partition coefficient (Wildman–Crippen LogP) is 11.9. The van der Waals surface area contributed by atoms with Gasteiger partial charge in [0.2, 0.25) is 0 Å². The summed E-state index contributed by atoms with van der Waals surface area (Å²) >= 11 is 0. The highest BCUT2D eigenvalue weighted by Crippen LogP contribution is 2.41. The van der Waals surface area contributed by atoms with Crippen LogP contribution in [0.5, 0.6) is 0 Å². The van der Waals surface area contributed by atoms with Crippen LogP contribution in [-0.2, 0) is 0 Å². The van der Waals surface area contributed by atoms with Crippen molar-refractivity contribution in [1.29, 1.82) is 0 Å². The second-order valence-corrected chi connectivity index (χ2v) is 11.9. The molecule has 0 fully saturated rings. The largest absolute Gasteiger partial charge is 0.344 e. The number of aromatic nitrogens is 1. The zero-order valence-electron chi connectivity index (χ0n) is 26.1. The third-order valence-electron chi connectivity index (χ3n) is 9.23. The van der Waals surface area contributed by atoms with Crippen molar-refractivity contribution in [2.75, 3.05) is 11.9 Å². The first kappa shape index (κ1) is 27.7. The van der Waals surface area contributed by atoms with Gasteiger partial charge in [-0.1, -0.05) is 115 Å². The lowest BCUT2D eigenvalue weighted by Crippen LogP contribution is -2.10. The fraction of sp³-hybridized carbons (Fsp3) is 0.0455. The van der Waals surface area contributed by atoms with E-state index in [1.54, 1.807) is 0 Å². The lowest BCUT2D eigenvalue weighted by molar-refractivity contribution is 1.18. The monoisotopic (exact) mass is 590 g/mol. The minimum atomic E-state index is 1.16. The number of benzene rings is 7. The molecule has 0 saturated carbocycles. The molecule has 0 amide bonds. The summed E-state index contributed by atoms with van der Waals surface area (Å²) in [5.41, 5.74) is 14.6. The molecule has 1 heterocycles. The zero-order chi connectivity index (χ0) is 31.0. The standard InChI is InChI=1S/C44H34N2/c1-31-37(33-25-27-42(45(2)35-17-8-4-9-18-35)40(29-33)32-15-6-3-7-16-32)22-14-23-38(31)34-26-28-44-41(30-34)39-21-12-13-24-43(39)46(44)36-19-10-5-11-20-36/h3-30H,1-2H3. The van der Waals surface area contributed by atoms with Gasteiger partial charge >= 0.3 is 0 Å². The third kappa shape index (κ3) is 4.76. The van der Waals surface area contributed by atoms with E-state index in [9.17, 15) is 0 Å². The van der Waals surface area contributed by atoms with Crippen molar-refractivity contribution in [3.63, 3.8) is 0 Å². The Hall–Kier alpha value is -5.86. The van der Waals surface area contributed by atoms with Crippen LogP contribution < -0.4 is 4.90 Å². The Labute approximate surface area is 270 Å². The molecule has 7 aromatic carbocycles. The molecule has 0 aliphatic carbocycles. The molecule has 2 heteroatoms. The van der Waals surface area contributed by atoms with Gasteiger partial charge in [-0.05, 0) is 94.9 Å². The second-order valence-electron chi connectivity index (χ2n) is 11.9. The smallest absolute Gasteiger partial charge is 0.0541 e. The van der Waals surface area contributed by atoms with Gasteiger partial charge in [0, 0.05) is 40.4 Å². The first-order chi connectivity index (χ1) is 22.7. The maximum atomic E-state index is 2.37. The minimum Gasteiger partial charge on any atom is -0.344 e. The molecule has 0 spiro atoms. The van der Waals surface area contributed by atoms with Crippen molar-refractivity contribution >= 4 is 33.2 Å². The normalized spacial score (nSPS) is 11.3. The molecule has 220 valence electrons. The van der Waals surface area contributed by atoms with Gasteiger partial charge in [-0.2, -0.15) is 0 Å². The molecule has 2 nitrogen and oxygen atoms in total. The molecule has 0 unspecified atom stereocenters. The van der Waals surface area contributed by atoms with E-state index in [1.807, 2.05) is 0 Å². The van der Waals surface area contributed by atoms with Crippen LogP contribution in [0.25, 0.3) is 60.9 Å². The van der Waals surface area contributed by atoms with Crippen LogP contribution in [0.4, 0.5) is 11.4 Å². The van der Waals surface area contributed by atoms with Crippen molar-refractivity contribution in [3.05, 3.63) is 175 Å². The van der Waals surface area contributed by atoms with Crippen molar-refractivity contribution in [1.82, 2.24) is 4.57 Å². The Kier molecular flexibility index (Phi) is 6.96. The van der Waals surface area contributed by atoms with E-state index in [4.69, 9.17) is 0 Å². The molecule has 8 rings (SSSR count). The quantitative estimate of drug-likeness (QED) is 0.187. The van der Waals surface area contributed by atoms with Crippen molar-refractivity contribution in [2.24, 2.45) is 0 Å². The minimum absolute atomic E-state index is 1.16. The number of rotatable bonds is 6. The summed E-state index contributed by atoms with van der Waals surface area (Å²) in [6.45, 7) is 2.26. The lowest BCUT2D eigenvalue weighted by Gasteiger charge is -2.24. The first-order valence-electron chi connectivity index (χ1n) is 15.8. The predicted molar refractivity (Wildman–Crippen MR) is 196 cm³/mol. The molecule has 46 heavy (non-hydrogen) atoms. The molecule has 0 saturated heterocycles. The summed E-state index contributed by atoms with van der Waals surface area (Å²) in [6, 6.07) is 61.2. The van der Waals surface area contributed by atoms with Crippen molar-refractivity contribution in [3.8, 4) is 39.1 Å². The average Bonchev–Trinajstić information content (AvgIpc) is 3.46. The van der Waals surface area contributed by atoms with Crippen molar-refractivity contribution < 1.29 is 0 Å². The topological polar surface area (TPSA) is 8.17 Å². The Morgan fingerprint density at radius 2 is 1.02 bits per heavy atom. The molecule has 0 aliphatic heterocycles. The summed E-state index contributed by atoms with van der Waals surface area (Å²) in [7, 11) is 2.15. The maximum absolute atomic E-state index is 2.37. The Morgan fingerprint density at radius 1 is 0.435 bits per heavy atom. The van der Waals surface area contributed by atoms with E-state index in [-0.39, 0.29) is 0 Å². The van der Waals surface area contributed by atoms with Crippen LogP contribution in [0.3, 0.4) is 0 Å². The van der Waals surface area contributed by atoms with Gasteiger partial charge in [-0.15, -0.1) is 0 Å². The van der Waals surface area contributed by atoms with Gasteiger partial charge in [0.05, 0.1) is 11.0 Å². The molecule has 8 aromatic rings. The molecule has 0 N–H and O–H groups in total. The highest BCUT2D eigenvalue weighted by molar-refractivity contribution is 6.10. The number of fused-ring (bicyclic) bond motifs is 3. The van der Waals surface area contributed by atoms with Gasteiger partial charge in [-0.25, -0.2) is 0 Å². The summed E-state index contributed by atoms with van der Waals surface area (Å²) in [5, 5.41) is 2.53. The van der Waals surface area contributed by atoms with Crippen LogP contribution in [0.2, 0.25) is 0 Å². The van der Waals surface area contributed by atoms with Gasteiger partial charge < -0.3 is 9.47 Å². The van der Waals surface area contributed by atoms with Crippen LogP contribution in [-0.4, -0.2) is 11.6 Å². The molecule has 1 aromatic heterocycles. The number of anilines is 2. The Morgan fingerprint density at radius 3 is 1.76 bits per heavy atom. The second kappa shape index (κ2) is 11.6. The van der Waals surface area contributed by atoms with Crippen LogP contribution >= 0.6 is 0 Å². The van der Waals surface area contributed by atoms with E-state index in [1.165, 1.54) is 72.1 Å². The Bertz CT molecular complexity index is 2320. The van der Waals surface area contributed by atoms with Gasteiger partial charge in [0.1, 0.15) is 0 Å². The van der Waals surface area contributed by atoms with E-state index in [0.717, 1.165) is 5.69 Å². The number of para-hydroxylation sites is 3. The van der Waals surface area contributed by atoms with E-state index < -0.39 is 0 Å². The summed E-state index contributed by atoms with van der Waals surface area (Å²) in [6.07, 6.45) is 0. The third-order valence-corrected chi connectivity index (χ3v) is 9.23. The van der Waals surface area contributed by atoms with Gasteiger partial charge in [0.25, 0.3) is 0 Å². The summed E-state index contributed by atoms with van der Waals surface area (Å²) in [5.74, 6) is 0. The molecular formula is C44H34N2. The molecule has 0 bridgehead atoms.